The van der Waals surface area contributed by atoms with E-state index in [-0.39, 0.29) is 11.9 Å². The van der Waals surface area contributed by atoms with Gasteiger partial charge in [-0.25, -0.2) is 4.98 Å². The molecular weight excluding hydrogens is 304 g/mol. The molecule has 0 radical (unpaired) electrons. The lowest BCUT2D eigenvalue weighted by Crippen LogP contribution is -2.43. The Morgan fingerprint density at radius 3 is 2.88 bits per heavy atom. The summed E-state index contributed by atoms with van der Waals surface area (Å²) in [7, 11) is 0. The molecule has 1 fully saturated rings. The third-order valence-electron chi connectivity index (χ3n) is 3.99. The highest BCUT2D eigenvalue weighted by atomic mass is 16.2. The fourth-order valence-corrected chi connectivity index (χ4v) is 2.67. The van der Waals surface area contributed by atoms with Crippen LogP contribution in [-0.4, -0.2) is 48.0 Å². The van der Waals surface area contributed by atoms with E-state index in [1.165, 1.54) is 6.20 Å². The van der Waals surface area contributed by atoms with Crippen molar-refractivity contribution >= 4 is 11.7 Å². The van der Waals surface area contributed by atoms with Crippen LogP contribution in [0.25, 0.3) is 0 Å². The van der Waals surface area contributed by atoms with Gasteiger partial charge in [-0.05, 0) is 31.4 Å². The van der Waals surface area contributed by atoms with Gasteiger partial charge in [0.1, 0.15) is 17.9 Å². The number of carbonyl (C=O) groups excluding carboxylic acids is 1. The van der Waals surface area contributed by atoms with Gasteiger partial charge in [-0.2, -0.15) is 10.5 Å². The molecule has 7 heteroatoms. The van der Waals surface area contributed by atoms with Crippen molar-refractivity contribution in [3.05, 3.63) is 23.9 Å². The number of rotatable bonds is 7. The zero-order valence-corrected chi connectivity index (χ0v) is 13.7. The molecule has 24 heavy (non-hydrogen) atoms. The number of hydrogen-bond acceptors (Lipinski definition) is 6. The lowest BCUT2D eigenvalue weighted by Gasteiger charge is -2.31. The van der Waals surface area contributed by atoms with Gasteiger partial charge in [0.05, 0.1) is 11.6 Å². The van der Waals surface area contributed by atoms with E-state index in [2.05, 4.69) is 21.7 Å². The van der Waals surface area contributed by atoms with E-state index in [4.69, 9.17) is 10.5 Å². The summed E-state index contributed by atoms with van der Waals surface area (Å²) < 4.78 is 0. The summed E-state index contributed by atoms with van der Waals surface area (Å²) >= 11 is 0. The van der Waals surface area contributed by atoms with E-state index in [1.54, 1.807) is 17.0 Å². The zero-order chi connectivity index (χ0) is 17.2. The van der Waals surface area contributed by atoms with Crippen LogP contribution in [0, 0.1) is 22.7 Å². The third-order valence-corrected chi connectivity index (χ3v) is 3.99. The molecule has 1 aromatic heterocycles. The van der Waals surface area contributed by atoms with Crippen molar-refractivity contribution in [2.24, 2.45) is 0 Å². The molecule has 126 valence electrons. The average Bonchev–Trinajstić information content (AvgIpc) is 2.64. The summed E-state index contributed by atoms with van der Waals surface area (Å²) in [4.78, 5) is 18.0. The van der Waals surface area contributed by atoms with Gasteiger partial charge < -0.3 is 15.5 Å². The van der Waals surface area contributed by atoms with Crippen LogP contribution in [0.5, 0.6) is 0 Å². The van der Waals surface area contributed by atoms with Crippen LogP contribution in [0.15, 0.2) is 18.3 Å². The molecule has 7 nitrogen and oxygen atoms in total. The number of anilines is 1. The Morgan fingerprint density at radius 2 is 2.17 bits per heavy atom. The van der Waals surface area contributed by atoms with Crippen molar-refractivity contribution in [1.29, 1.82) is 10.5 Å². The van der Waals surface area contributed by atoms with Crippen LogP contribution in [0.3, 0.4) is 0 Å². The van der Waals surface area contributed by atoms with Crippen molar-refractivity contribution in [2.45, 2.75) is 31.7 Å². The largest absolute Gasteiger partial charge is 0.369 e. The summed E-state index contributed by atoms with van der Waals surface area (Å²) in [6.07, 6.45) is 4.73. The Labute approximate surface area is 142 Å². The Morgan fingerprint density at radius 1 is 1.29 bits per heavy atom. The molecule has 1 atom stereocenters. The topological polar surface area (TPSA) is 105 Å². The first kappa shape index (κ1) is 17.7. The van der Waals surface area contributed by atoms with Crippen LogP contribution in [-0.2, 0) is 4.79 Å². The van der Waals surface area contributed by atoms with E-state index < -0.39 is 0 Å². The number of nitrogens with one attached hydrogen (secondary N) is 2. The second-order valence-corrected chi connectivity index (χ2v) is 5.70. The minimum Gasteiger partial charge on any atom is -0.369 e. The van der Waals surface area contributed by atoms with Crippen molar-refractivity contribution in [1.82, 2.24) is 15.2 Å². The monoisotopic (exact) mass is 326 g/mol. The number of carbonyl (C=O) groups is 1. The molecule has 0 aliphatic carbocycles. The third kappa shape index (κ3) is 5.22. The van der Waals surface area contributed by atoms with Crippen LogP contribution < -0.4 is 10.6 Å². The Kier molecular flexibility index (Phi) is 7.00. The summed E-state index contributed by atoms with van der Waals surface area (Å²) in [5.41, 5.74) is 0.533. The van der Waals surface area contributed by atoms with E-state index in [0.29, 0.717) is 38.2 Å². The van der Waals surface area contributed by atoms with Gasteiger partial charge in [-0.1, -0.05) is 0 Å². The molecule has 1 amide bonds. The number of hydrogen-bond donors (Lipinski definition) is 2. The Balaban J connectivity index is 1.60. The highest BCUT2D eigenvalue weighted by Crippen LogP contribution is 2.17. The summed E-state index contributed by atoms with van der Waals surface area (Å²) in [5, 5.41) is 24.2. The highest BCUT2D eigenvalue weighted by molar-refractivity contribution is 5.77. The second kappa shape index (κ2) is 9.49. The predicted octanol–water partition coefficient (Wildman–Crippen LogP) is 1.25. The summed E-state index contributed by atoms with van der Waals surface area (Å²) in [6.45, 7) is 2.67. The van der Waals surface area contributed by atoms with Crippen molar-refractivity contribution in [3.8, 4) is 12.1 Å². The van der Waals surface area contributed by atoms with Crippen molar-refractivity contribution in [3.63, 3.8) is 0 Å². The maximum Gasteiger partial charge on any atom is 0.224 e. The minimum atomic E-state index is -0.254. The molecule has 0 bridgehead atoms. The molecule has 2 N–H and O–H groups in total. The number of amides is 1. The first-order valence-corrected chi connectivity index (χ1v) is 8.24. The van der Waals surface area contributed by atoms with Gasteiger partial charge in [-0.15, -0.1) is 0 Å². The lowest BCUT2D eigenvalue weighted by atomic mass is 10.0. The molecule has 2 rings (SSSR count). The quantitative estimate of drug-likeness (QED) is 0.731. The molecule has 2 heterocycles. The molecular formula is C17H22N6O. The van der Waals surface area contributed by atoms with Gasteiger partial charge in [-0.3, -0.25) is 4.79 Å². The maximum atomic E-state index is 12.2. The molecule has 1 aliphatic heterocycles. The van der Waals surface area contributed by atoms with E-state index in [1.807, 2.05) is 6.07 Å². The van der Waals surface area contributed by atoms with E-state index in [9.17, 15) is 4.79 Å². The number of piperidine rings is 1. The normalized spacial score (nSPS) is 16.9. The second-order valence-electron chi connectivity index (χ2n) is 5.70. The first-order chi connectivity index (χ1) is 11.7. The summed E-state index contributed by atoms with van der Waals surface area (Å²) in [6, 6.07) is 7.47. The fraction of sp³-hybridized carbons (Fsp3) is 0.529. The molecule has 0 saturated carbocycles. The van der Waals surface area contributed by atoms with Gasteiger partial charge in [0, 0.05) is 38.8 Å². The number of nitriles is 2. The van der Waals surface area contributed by atoms with Crippen molar-refractivity contribution < 1.29 is 4.79 Å². The Bertz CT molecular complexity index is 615. The molecule has 1 aromatic rings. The van der Waals surface area contributed by atoms with Crippen molar-refractivity contribution in [2.75, 3.05) is 31.5 Å². The standard InChI is InChI=1S/C17H22N6O/c18-11-14-4-5-16(22-13-14)21-9-8-20-7-6-17(24)23-10-2-1-3-15(23)12-19/h4-5,13,15,20H,1-3,6-10H2,(H,21,22). The molecule has 1 saturated heterocycles. The molecule has 0 spiro atoms. The van der Waals surface area contributed by atoms with E-state index >= 15 is 0 Å². The van der Waals surface area contributed by atoms with Gasteiger partial charge in [0.2, 0.25) is 5.91 Å². The Hall–Kier alpha value is -2.64. The first-order valence-electron chi connectivity index (χ1n) is 8.24. The van der Waals surface area contributed by atoms with Crippen LogP contribution in [0.1, 0.15) is 31.2 Å². The maximum absolute atomic E-state index is 12.2. The van der Waals surface area contributed by atoms with Crippen LogP contribution in [0.4, 0.5) is 5.82 Å². The predicted molar refractivity (Wildman–Crippen MR) is 89.9 cm³/mol. The number of nitrogens with zero attached hydrogens (tertiary/aromatic N) is 4. The summed E-state index contributed by atoms with van der Waals surface area (Å²) in [5.74, 6) is 0.771. The molecule has 1 aliphatic rings. The van der Waals surface area contributed by atoms with Crippen LogP contribution >= 0.6 is 0 Å². The van der Waals surface area contributed by atoms with E-state index in [0.717, 1.165) is 25.1 Å². The molecule has 0 aromatic carbocycles. The number of pyridine rings is 1. The van der Waals surface area contributed by atoms with Gasteiger partial charge in [0.25, 0.3) is 0 Å². The lowest BCUT2D eigenvalue weighted by molar-refractivity contribution is -0.133. The zero-order valence-electron chi connectivity index (χ0n) is 13.7. The fourth-order valence-electron chi connectivity index (χ4n) is 2.67. The number of aromatic nitrogens is 1. The number of likely N-dealkylation sites (tertiary alicyclic amines) is 1. The van der Waals surface area contributed by atoms with Gasteiger partial charge >= 0.3 is 0 Å². The highest BCUT2D eigenvalue weighted by Gasteiger charge is 2.25. The smallest absolute Gasteiger partial charge is 0.224 e. The minimum absolute atomic E-state index is 0.0514. The average molecular weight is 326 g/mol. The molecule has 1 unspecified atom stereocenters. The SMILES string of the molecule is N#Cc1ccc(NCCNCCC(=O)N2CCCCC2C#N)nc1. The van der Waals surface area contributed by atoms with Crippen LogP contribution in [0.2, 0.25) is 0 Å². The van der Waals surface area contributed by atoms with Gasteiger partial charge in [0.15, 0.2) is 0 Å².